The fourth-order valence-electron chi connectivity index (χ4n) is 1.66. The van der Waals surface area contributed by atoms with Crippen LogP contribution in [0, 0.1) is 0 Å². The molecule has 0 bridgehead atoms. The molecule has 0 aliphatic carbocycles. The van der Waals surface area contributed by atoms with Crippen LogP contribution in [0.25, 0.3) is 0 Å². The molecule has 19 heavy (non-hydrogen) atoms. The van der Waals surface area contributed by atoms with Crippen molar-refractivity contribution in [3.63, 3.8) is 0 Å². The average molecular weight is 281 g/mol. The van der Waals surface area contributed by atoms with E-state index in [9.17, 15) is 8.42 Å². The lowest BCUT2D eigenvalue weighted by atomic mass is 10.2. The fourth-order valence-corrected chi connectivity index (χ4v) is 2.93. The Bertz CT molecular complexity index is 624. The van der Waals surface area contributed by atoms with E-state index in [1.54, 1.807) is 35.1 Å². The molecule has 8 heteroatoms. The summed E-state index contributed by atoms with van der Waals surface area (Å²) >= 11 is 0. The second-order valence-electron chi connectivity index (χ2n) is 3.88. The highest BCUT2D eigenvalue weighted by Gasteiger charge is 2.16. The number of hydrogen-bond acceptors (Lipinski definition) is 5. The van der Waals surface area contributed by atoms with E-state index in [4.69, 9.17) is 5.73 Å². The third-order valence-corrected chi connectivity index (χ3v) is 4.15. The van der Waals surface area contributed by atoms with Gasteiger partial charge >= 0.3 is 0 Å². The van der Waals surface area contributed by atoms with Crippen molar-refractivity contribution in [3.8, 4) is 0 Å². The predicted molar refractivity (Wildman–Crippen MR) is 69.5 cm³/mol. The highest BCUT2D eigenvalue weighted by Crippen LogP contribution is 2.14. The summed E-state index contributed by atoms with van der Waals surface area (Å²) < 4.78 is 28.3. The first kappa shape index (κ1) is 13.7. The standard InChI is InChI=1S/C11H15N5O2S/c12-9-10-3-1-2-4-11(10)19(17,18)14-6-8-16-7-5-13-15-16/h1-5,7,14H,6,8-9,12H2. The van der Waals surface area contributed by atoms with Crippen LogP contribution in [0.3, 0.4) is 0 Å². The lowest BCUT2D eigenvalue weighted by Crippen LogP contribution is -2.28. The molecule has 0 aliphatic rings. The van der Waals surface area contributed by atoms with Crippen LogP contribution in [0.1, 0.15) is 5.56 Å². The van der Waals surface area contributed by atoms with Crippen LogP contribution in [-0.2, 0) is 23.1 Å². The molecule has 0 saturated heterocycles. The SMILES string of the molecule is NCc1ccccc1S(=O)(=O)NCCn1ccnn1. The highest BCUT2D eigenvalue weighted by molar-refractivity contribution is 7.89. The van der Waals surface area contributed by atoms with E-state index in [1.165, 1.54) is 6.20 Å². The average Bonchev–Trinajstić information content (AvgIpc) is 2.91. The maximum Gasteiger partial charge on any atom is 0.240 e. The van der Waals surface area contributed by atoms with Gasteiger partial charge in [0.1, 0.15) is 0 Å². The summed E-state index contributed by atoms with van der Waals surface area (Å²) in [5, 5.41) is 7.40. The van der Waals surface area contributed by atoms with E-state index in [0.717, 1.165) is 0 Å². The van der Waals surface area contributed by atoms with Crippen LogP contribution in [0.2, 0.25) is 0 Å². The summed E-state index contributed by atoms with van der Waals surface area (Å²) in [6.45, 7) is 0.842. The summed E-state index contributed by atoms with van der Waals surface area (Å²) in [5.41, 5.74) is 6.13. The molecule has 7 nitrogen and oxygen atoms in total. The molecular weight excluding hydrogens is 266 g/mol. The third kappa shape index (κ3) is 3.37. The van der Waals surface area contributed by atoms with Crippen molar-refractivity contribution in [2.45, 2.75) is 18.0 Å². The molecule has 0 unspecified atom stereocenters. The maximum absolute atomic E-state index is 12.1. The molecule has 0 amide bonds. The summed E-state index contributed by atoms with van der Waals surface area (Å²) in [7, 11) is -3.55. The van der Waals surface area contributed by atoms with E-state index in [1.807, 2.05) is 0 Å². The van der Waals surface area contributed by atoms with Gasteiger partial charge < -0.3 is 5.73 Å². The Hall–Kier alpha value is -1.77. The van der Waals surface area contributed by atoms with Crippen molar-refractivity contribution in [1.29, 1.82) is 0 Å². The summed E-state index contributed by atoms with van der Waals surface area (Å²) in [5.74, 6) is 0. The van der Waals surface area contributed by atoms with E-state index < -0.39 is 10.0 Å². The van der Waals surface area contributed by atoms with Crippen molar-refractivity contribution >= 4 is 10.0 Å². The van der Waals surface area contributed by atoms with E-state index >= 15 is 0 Å². The number of rotatable bonds is 6. The summed E-state index contributed by atoms with van der Waals surface area (Å²) in [6.07, 6.45) is 3.21. The topological polar surface area (TPSA) is 103 Å². The number of nitrogens with two attached hydrogens (primary N) is 1. The van der Waals surface area contributed by atoms with Gasteiger partial charge in [0.2, 0.25) is 10.0 Å². The Labute approximate surface area is 111 Å². The van der Waals surface area contributed by atoms with Gasteiger partial charge in [-0.3, -0.25) is 4.68 Å². The molecule has 0 spiro atoms. The number of hydrogen-bond donors (Lipinski definition) is 2. The molecule has 0 aliphatic heterocycles. The summed E-state index contributed by atoms with van der Waals surface area (Å²) in [4.78, 5) is 0.219. The Morgan fingerprint density at radius 3 is 2.79 bits per heavy atom. The molecule has 1 heterocycles. The van der Waals surface area contributed by atoms with Gasteiger partial charge in [-0.15, -0.1) is 5.10 Å². The van der Waals surface area contributed by atoms with Crippen LogP contribution < -0.4 is 10.5 Å². The number of benzene rings is 1. The normalized spacial score (nSPS) is 11.6. The van der Waals surface area contributed by atoms with Crippen molar-refractivity contribution in [1.82, 2.24) is 19.7 Å². The molecule has 1 aromatic heterocycles. The molecule has 0 atom stereocenters. The van der Waals surface area contributed by atoms with E-state index in [-0.39, 0.29) is 18.0 Å². The smallest absolute Gasteiger partial charge is 0.240 e. The molecule has 0 radical (unpaired) electrons. The van der Waals surface area contributed by atoms with Crippen molar-refractivity contribution in [3.05, 3.63) is 42.2 Å². The Balaban J connectivity index is 2.05. The second kappa shape index (κ2) is 5.91. The lowest BCUT2D eigenvalue weighted by Gasteiger charge is -2.10. The van der Waals surface area contributed by atoms with Crippen LogP contribution >= 0.6 is 0 Å². The zero-order valence-electron chi connectivity index (χ0n) is 10.2. The van der Waals surface area contributed by atoms with Crippen LogP contribution in [0.4, 0.5) is 0 Å². The van der Waals surface area contributed by atoms with Gasteiger partial charge in [0.05, 0.1) is 17.6 Å². The molecule has 0 fully saturated rings. The van der Waals surface area contributed by atoms with Gasteiger partial charge in [-0.2, -0.15) is 0 Å². The van der Waals surface area contributed by atoms with Crippen molar-refractivity contribution < 1.29 is 8.42 Å². The van der Waals surface area contributed by atoms with Crippen LogP contribution in [-0.4, -0.2) is 30.0 Å². The zero-order chi connectivity index (χ0) is 13.7. The minimum Gasteiger partial charge on any atom is -0.326 e. The first-order valence-electron chi connectivity index (χ1n) is 5.75. The van der Waals surface area contributed by atoms with Gasteiger partial charge in [-0.1, -0.05) is 23.4 Å². The van der Waals surface area contributed by atoms with Crippen molar-refractivity contribution in [2.24, 2.45) is 5.73 Å². The monoisotopic (exact) mass is 281 g/mol. The minimum atomic E-state index is -3.55. The lowest BCUT2D eigenvalue weighted by molar-refractivity contribution is 0.552. The first-order valence-corrected chi connectivity index (χ1v) is 7.23. The number of sulfonamides is 1. The maximum atomic E-state index is 12.1. The van der Waals surface area contributed by atoms with Crippen LogP contribution in [0.5, 0.6) is 0 Å². The number of aromatic nitrogens is 3. The quantitative estimate of drug-likeness (QED) is 0.757. The Kier molecular flexibility index (Phi) is 4.25. The predicted octanol–water partition coefficient (Wildman–Crippen LogP) is -0.285. The highest BCUT2D eigenvalue weighted by atomic mass is 32.2. The second-order valence-corrected chi connectivity index (χ2v) is 5.61. The van der Waals surface area contributed by atoms with Crippen molar-refractivity contribution in [2.75, 3.05) is 6.54 Å². The molecule has 102 valence electrons. The van der Waals surface area contributed by atoms with Gasteiger partial charge in [-0.05, 0) is 11.6 Å². The van der Waals surface area contributed by atoms with Gasteiger partial charge in [0.25, 0.3) is 0 Å². The first-order chi connectivity index (χ1) is 9.13. The third-order valence-electron chi connectivity index (χ3n) is 2.59. The Morgan fingerprint density at radius 2 is 2.11 bits per heavy atom. The van der Waals surface area contributed by atoms with Gasteiger partial charge in [0.15, 0.2) is 0 Å². The van der Waals surface area contributed by atoms with Gasteiger partial charge in [0, 0.05) is 19.3 Å². The van der Waals surface area contributed by atoms with Gasteiger partial charge in [-0.25, -0.2) is 13.1 Å². The number of nitrogens with zero attached hydrogens (tertiary/aromatic N) is 3. The van der Waals surface area contributed by atoms with E-state index in [2.05, 4.69) is 15.0 Å². The zero-order valence-corrected chi connectivity index (χ0v) is 11.0. The van der Waals surface area contributed by atoms with E-state index in [0.29, 0.717) is 12.1 Å². The largest absolute Gasteiger partial charge is 0.326 e. The van der Waals surface area contributed by atoms with Crippen LogP contribution in [0.15, 0.2) is 41.6 Å². The molecule has 2 rings (SSSR count). The number of nitrogens with one attached hydrogen (secondary N) is 1. The molecule has 3 N–H and O–H groups in total. The minimum absolute atomic E-state index is 0.181. The molecule has 1 aromatic carbocycles. The molecule has 0 saturated carbocycles. The fraction of sp³-hybridized carbons (Fsp3) is 0.273. The molecular formula is C11H15N5O2S. The molecule has 2 aromatic rings. The Morgan fingerprint density at radius 1 is 1.32 bits per heavy atom. The summed E-state index contributed by atoms with van der Waals surface area (Å²) in [6, 6.07) is 6.67.